The first-order chi connectivity index (χ1) is 8.24. The van der Waals surface area contributed by atoms with E-state index in [9.17, 15) is 0 Å². The molecule has 0 atom stereocenters. The number of aromatic nitrogens is 1. The number of aliphatic hydroxyl groups excluding tert-OH is 1. The van der Waals surface area contributed by atoms with Gasteiger partial charge in [-0.3, -0.25) is 0 Å². The Kier molecular flexibility index (Phi) is 4.23. The normalized spacial score (nSPS) is 15.2. The van der Waals surface area contributed by atoms with Gasteiger partial charge in [0, 0.05) is 25.8 Å². The van der Waals surface area contributed by atoms with Crippen molar-refractivity contribution in [3.05, 3.63) is 5.56 Å². The lowest BCUT2D eigenvalue weighted by atomic mass is 10.2. The number of nitrogen functional groups attached to an aromatic ring is 1. The molecule has 1 aromatic heterocycles. The summed E-state index contributed by atoms with van der Waals surface area (Å²) in [6.45, 7) is 1.31. The van der Waals surface area contributed by atoms with Gasteiger partial charge in [0.05, 0.1) is 0 Å². The largest absolute Gasteiger partial charge is 0.396 e. The van der Waals surface area contributed by atoms with Crippen LogP contribution in [0.2, 0.25) is 0 Å². The average molecular weight is 255 g/mol. The molecule has 4 nitrogen and oxygen atoms in total. The first-order valence-electron chi connectivity index (χ1n) is 6.31. The fraction of sp³-hybridized carbons (Fsp3) is 0.750. The fourth-order valence-corrected chi connectivity index (χ4v) is 2.95. The van der Waals surface area contributed by atoms with Crippen LogP contribution >= 0.6 is 11.5 Å². The summed E-state index contributed by atoms with van der Waals surface area (Å²) < 4.78 is 4.28. The second-order valence-electron chi connectivity index (χ2n) is 4.77. The maximum absolute atomic E-state index is 8.74. The Hall–Kier alpha value is -0.810. The first kappa shape index (κ1) is 12.6. The summed E-state index contributed by atoms with van der Waals surface area (Å²) >= 11 is 1.52. The molecule has 5 heteroatoms. The lowest BCUT2D eigenvalue weighted by molar-refractivity contribution is 0.283. The van der Waals surface area contributed by atoms with E-state index in [1.54, 1.807) is 0 Å². The van der Waals surface area contributed by atoms with Crippen LogP contribution in [-0.2, 0) is 0 Å². The third-order valence-corrected chi connectivity index (χ3v) is 4.21. The predicted molar refractivity (Wildman–Crippen MR) is 72.7 cm³/mol. The van der Waals surface area contributed by atoms with Crippen molar-refractivity contribution < 1.29 is 5.11 Å². The highest BCUT2D eigenvalue weighted by Crippen LogP contribution is 2.48. The second kappa shape index (κ2) is 5.69. The zero-order valence-corrected chi connectivity index (χ0v) is 11.2. The Labute approximate surface area is 107 Å². The van der Waals surface area contributed by atoms with Crippen molar-refractivity contribution in [2.24, 2.45) is 0 Å². The van der Waals surface area contributed by atoms with Crippen molar-refractivity contribution in [2.75, 3.05) is 30.8 Å². The van der Waals surface area contributed by atoms with E-state index in [-0.39, 0.29) is 0 Å². The van der Waals surface area contributed by atoms with Gasteiger partial charge < -0.3 is 15.7 Å². The topological polar surface area (TPSA) is 62.4 Å². The van der Waals surface area contributed by atoms with Gasteiger partial charge in [-0.15, -0.1) is 0 Å². The zero-order chi connectivity index (χ0) is 12.3. The number of anilines is 2. The summed E-state index contributed by atoms with van der Waals surface area (Å²) in [6.07, 6.45) is 5.60. The highest BCUT2D eigenvalue weighted by atomic mass is 32.1. The van der Waals surface area contributed by atoms with Gasteiger partial charge in [-0.05, 0) is 49.6 Å². The number of unbranched alkanes of at least 4 members (excludes halogenated alkanes) is 2. The van der Waals surface area contributed by atoms with Gasteiger partial charge in [0.25, 0.3) is 0 Å². The molecule has 3 N–H and O–H groups in total. The quantitative estimate of drug-likeness (QED) is 0.733. The number of rotatable bonds is 7. The number of nitrogens with two attached hydrogens (primary N) is 1. The molecule has 1 heterocycles. The van der Waals surface area contributed by atoms with E-state index in [2.05, 4.69) is 16.3 Å². The van der Waals surface area contributed by atoms with Crippen molar-refractivity contribution >= 4 is 22.4 Å². The lowest BCUT2D eigenvalue weighted by Crippen LogP contribution is -2.18. The van der Waals surface area contributed by atoms with E-state index in [0.29, 0.717) is 12.5 Å². The molecular formula is C12H21N3OS. The molecule has 1 aromatic rings. The highest BCUT2D eigenvalue weighted by Gasteiger charge is 2.31. The molecule has 1 saturated carbocycles. The predicted octanol–water partition coefficient (Wildman–Crippen LogP) is 2.20. The molecule has 1 fully saturated rings. The van der Waals surface area contributed by atoms with Crippen LogP contribution in [0.1, 0.15) is 43.6 Å². The molecule has 0 radical (unpaired) electrons. The molecule has 1 aliphatic carbocycles. The second-order valence-corrected chi connectivity index (χ2v) is 5.52. The molecule has 0 aliphatic heterocycles. The summed E-state index contributed by atoms with van der Waals surface area (Å²) in [4.78, 5) is 2.26. The molecule has 17 heavy (non-hydrogen) atoms. The van der Waals surface area contributed by atoms with E-state index in [4.69, 9.17) is 10.8 Å². The van der Waals surface area contributed by atoms with Gasteiger partial charge >= 0.3 is 0 Å². The number of aliphatic hydroxyl groups is 1. The smallest absolute Gasteiger partial charge is 0.142 e. The molecule has 96 valence electrons. The van der Waals surface area contributed by atoms with Crippen LogP contribution in [0.5, 0.6) is 0 Å². The summed E-state index contributed by atoms with van der Waals surface area (Å²) in [5.74, 6) is 1.39. The van der Waals surface area contributed by atoms with Crippen LogP contribution in [0.15, 0.2) is 0 Å². The molecule has 0 saturated heterocycles. The van der Waals surface area contributed by atoms with Gasteiger partial charge in [0.15, 0.2) is 0 Å². The van der Waals surface area contributed by atoms with E-state index in [0.717, 1.165) is 31.6 Å². The Morgan fingerprint density at radius 2 is 2.18 bits per heavy atom. The maximum Gasteiger partial charge on any atom is 0.142 e. The fourth-order valence-electron chi connectivity index (χ4n) is 2.07. The van der Waals surface area contributed by atoms with Gasteiger partial charge in [-0.25, -0.2) is 0 Å². The number of hydrogen-bond donors (Lipinski definition) is 2. The summed E-state index contributed by atoms with van der Waals surface area (Å²) in [6, 6.07) is 0. The molecule has 0 amide bonds. The van der Waals surface area contributed by atoms with Crippen molar-refractivity contribution in [1.82, 2.24) is 4.37 Å². The van der Waals surface area contributed by atoms with Crippen LogP contribution in [0.25, 0.3) is 0 Å². The van der Waals surface area contributed by atoms with E-state index >= 15 is 0 Å². The minimum atomic E-state index is 0.296. The maximum atomic E-state index is 8.74. The highest BCUT2D eigenvalue weighted by molar-refractivity contribution is 7.10. The average Bonchev–Trinajstić information content (AvgIpc) is 3.08. The molecule has 1 aliphatic rings. The molecule has 2 rings (SSSR count). The monoisotopic (exact) mass is 255 g/mol. The zero-order valence-electron chi connectivity index (χ0n) is 10.4. The van der Waals surface area contributed by atoms with E-state index < -0.39 is 0 Å². The van der Waals surface area contributed by atoms with E-state index in [1.165, 1.54) is 34.9 Å². The van der Waals surface area contributed by atoms with Crippen LogP contribution < -0.4 is 10.6 Å². The Bertz CT molecular complexity index is 363. The van der Waals surface area contributed by atoms with Crippen molar-refractivity contribution in [1.29, 1.82) is 0 Å². The number of nitrogens with zero attached hydrogens (tertiary/aromatic N) is 2. The summed E-state index contributed by atoms with van der Waals surface area (Å²) in [7, 11) is 2.11. The SMILES string of the molecule is CN(CCCCCO)c1snc(N)c1C1CC1. The van der Waals surface area contributed by atoms with E-state index in [1.807, 2.05) is 0 Å². The molecule has 0 unspecified atom stereocenters. The summed E-state index contributed by atoms with van der Waals surface area (Å²) in [5.41, 5.74) is 7.21. The van der Waals surface area contributed by atoms with Crippen molar-refractivity contribution in [3.8, 4) is 0 Å². The molecule has 0 aromatic carbocycles. The summed E-state index contributed by atoms with van der Waals surface area (Å²) in [5, 5.41) is 9.98. The lowest BCUT2D eigenvalue weighted by Gasteiger charge is -2.18. The molecule has 0 bridgehead atoms. The first-order valence-corrected chi connectivity index (χ1v) is 7.08. The van der Waals surface area contributed by atoms with Crippen LogP contribution in [0.4, 0.5) is 10.8 Å². The third-order valence-electron chi connectivity index (χ3n) is 3.22. The Morgan fingerprint density at radius 3 is 2.82 bits per heavy atom. The van der Waals surface area contributed by atoms with Gasteiger partial charge in [-0.1, -0.05) is 0 Å². The molecular weight excluding hydrogens is 234 g/mol. The standard InChI is InChI=1S/C12H21N3OS/c1-15(7-3-2-4-8-16)12-10(9-5-6-9)11(13)14-17-12/h9,16H,2-8H2,1H3,(H2,13,14). The van der Waals surface area contributed by atoms with Gasteiger partial charge in [0.2, 0.25) is 0 Å². The Balaban J connectivity index is 1.91. The number of hydrogen-bond acceptors (Lipinski definition) is 5. The van der Waals surface area contributed by atoms with Crippen LogP contribution in [0.3, 0.4) is 0 Å². The minimum absolute atomic E-state index is 0.296. The minimum Gasteiger partial charge on any atom is -0.396 e. The van der Waals surface area contributed by atoms with Crippen molar-refractivity contribution in [2.45, 2.75) is 38.0 Å². The van der Waals surface area contributed by atoms with Crippen LogP contribution in [-0.4, -0.2) is 29.7 Å². The Morgan fingerprint density at radius 1 is 1.41 bits per heavy atom. The molecule has 0 spiro atoms. The third kappa shape index (κ3) is 3.10. The van der Waals surface area contributed by atoms with Gasteiger partial charge in [-0.2, -0.15) is 4.37 Å². The van der Waals surface area contributed by atoms with Gasteiger partial charge in [0.1, 0.15) is 10.8 Å². The van der Waals surface area contributed by atoms with Crippen LogP contribution in [0, 0.1) is 0 Å². The van der Waals surface area contributed by atoms with Crippen molar-refractivity contribution in [3.63, 3.8) is 0 Å².